The molecule has 0 spiro atoms. The zero-order chi connectivity index (χ0) is 21.4. The normalized spacial score (nSPS) is 25.1. The number of hydrogen-bond donors (Lipinski definition) is 0. The van der Waals surface area contributed by atoms with Gasteiger partial charge in [0, 0.05) is 42.5 Å². The summed E-state index contributed by atoms with van der Waals surface area (Å²) < 4.78 is 8.39. The van der Waals surface area contributed by atoms with Crippen LogP contribution in [0.3, 0.4) is 0 Å². The molecule has 3 aromatic rings. The van der Waals surface area contributed by atoms with Crippen molar-refractivity contribution in [2.75, 3.05) is 13.1 Å². The van der Waals surface area contributed by atoms with Crippen LogP contribution >= 0.6 is 11.6 Å². The number of ether oxygens (including phenoxy) is 1. The van der Waals surface area contributed by atoms with Gasteiger partial charge in [0.1, 0.15) is 17.5 Å². The largest absolute Gasteiger partial charge is 0.488 e. The highest BCUT2D eigenvalue weighted by Gasteiger charge is 2.41. The molecular formula is C25H28ClN3O2. The van der Waals surface area contributed by atoms with Crippen LogP contribution in [0.4, 0.5) is 0 Å². The van der Waals surface area contributed by atoms with Crippen molar-refractivity contribution in [3.8, 4) is 5.75 Å². The fourth-order valence-electron chi connectivity index (χ4n) is 5.43. The number of nitrogens with zero attached hydrogens (tertiary/aromatic N) is 3. The Morgan fingerprint density at radius 1 is 1.26 bits per heavy atom. The zero-order valence-corrected chi connectivity index (χ0v) is 18.6. The Kier molecular flexibility index (Phi) is 5.72. The molecule has 5 rings (SSSR count). The first-order chi connectivity index (χ1) is 15.1. The molecular weight excluding hydrogens is 410 g/mol. The van der Waals surface area contributed by atoms with Crippen LogP contribution in [0.25, 0.3) is 11.0 Å². The smallest absolute Gasteiger partial charge is 0.162 e. The van der Waals surface area contributed by atoms with Crippen LogP contribution in [0, 0.1) is 5.92 Å². The van der Waals surface area contributed by atoms with E-state index in [9.17, 15) is 4.79 Å². The van der Waals surface area contributed by atoms with E-state index in [4.69, 9.17) is 16.3 Å². The summed E-state index contributed by atoms with van der Waals surface area (Å²) in [5.41, 5.74) is 1.68. The van der Waals surface area contributed by atoms with Gasteiger partial charge in [-0.2, -0.15) is 0 Å². The summed E-state index contributed by atoms with van der Waals surface area (Å²) in [5, 5.41) is 1.64. The van der Waals surface area contributed by atoms with Crippen molar-refractivity contribution in [2.24, 2.45) is 5.92 Å². The highest BCUT2D eigenvalue weighted by atomic mass is 35.5. The number of halogens is 1. The molecule has 31 heavy (non-hydrogen) atoms. The number of para-hydroxylation sites is 1. The number of aromatic nitrogens is 2. The standard InChI is InChI=1S/C25H28ClN3O2/c1-17(30)21-16-29(25-20(21)6-4-11-27-25)12-5-8-23-18-10-13-28(23)15-19(14-18)31-24-9-3-2-7-22(24)26/h2-4,6-7,9,11,16,18-19,23H,5,8,10,12-15H2,1H3. The minimum absolute atomic E-state index is 0.0951. The Labute approximate surface area is 188 Å². The molecule has 1 aromatic carbocycles. The van der Waals surface area contributed by atoms with E-state index in [0.717, 1.165) is 61.2 Å². The van der Waals surface area contributed by atoms with Gasteiger partial charge in [0.2, 0.25) is 0 Å². The van der Waals surface area contributed by atoms with Gasteiger partial charge in [0.25, 0.3) is 0 Å². The van der Waals surface area contributed by atoms with E-state index in [1.807, 2.05) is 42.6 Å². The lowest BCUT2D eigenvalue weighted by atomic mass is 9.88. The minimum atomic E-state index is 0.0951. The van der Waals surface area contributed by atoms with E-state index in [1.165, 1.54) is 6.42 Å². The summed E-state index contributed by atoms with van der Waals surface area (Å²) in [6.45, 7) is 4.63. The van der Waals surface area contributed by atoms with E-state index in [2.05, 4.69) is 14.5 Å². The lowest BCUT2D eigenvalue weighted by Crippen LogP contribution is -2.46. The summed E-state index contributed by atoms with van der Waals surface area (Å²) in [7, 11) is 0. The minimum Gasteiger partial charge on any atom is -0.488 e. The van der Waals surface area contributed by atoms with Gasteiger partial charge in [-0.3, -0.25) is 9.69 Å². The Hall–Kier alpha value is -2.37. The molecule has 0 radical (unpaired) electrons. The second kappa shape index (κ2) is 8.64. The molecule has 4 heterocycles. The van der Waals surface area contributed by atoms with E-state index in [0.29, 0.717) is 17.0 Å². The summed E-state index contributed by atoms with van der Waals surface area (Å²) in [6.07, 6.45) is 8.55. The predicted octanol–water partition coefficient (Wildman–Crippen LogP) is 5.21. The van der Waals surface area contributed by atoms with Crippen molar-refractivity contribution >= 4 is 28.4 Å². The summed E-state index contributed by atoms with van der Waals surface area (Å²) in [4.78, 5) is 19.1. The fraction of sp³-hybridized carbons (Fsp3) is 0.440. The van der Waals surface area contributed by atoms with Gasteiger partial charge in [-0.15, -0.1) is 0 Å². The topological polar surface area (TPSA) is 47.4 Å². The SMILES string of the molecule is CC(=O)c1cn(CCCC2C3CCN2CC(Oc2ccccc2Cl)C3)c2ncccc12. The van der Waals surface area contributed by atoms with E-state index in [-0.39, 0.29) is 11.9 Å². The zero-order valence-electron chi connectivity index (χ0n) is 17.8. The molecule has 2 aliphatic heterocycles. The average Bonchev–Trinajstić information content (AvgIpc) is 3.24. The first-order valence-corrected chi connectivity index (χ1v) is 11.6. The molecule has 2 saturated heterocycles. The lowest BCUT2D eigenvalue weighted by Gasteiger charge is -2.38. The number of Topliss-reactive ketones (excluding diaryl/α,β-unsaturated/α-hetero) is 1. The quantitative estimate of drug-likeness (QED) is 0.476. The van der Waals surface area contributed by atoms with E-state index < -0.39 is 0 Å². The number of hydrogen-bond acceptors (Lipinski definition) is 4. The molecule has 0 amide bonds. The van der Waals surface area contributed by atoms with Gasteiger partial charge in [-0.05, 0) is 69.3 Å². The molecule has 2 bridgehead atoms. The van der Waals surface area contributed by atoms with Crippen LogP contribution < -0.4 is 4.74 Å². The number of rotatable bonds is 7. The molecule has 4 unspecified atom stereocenters. The molecule has 2 aromatic heterocycles. The van der Waals surface area contributed by atoms with Crippen molar-refractivity contribution in [1.82, 2.24) is 14.5 Å². The maximum Gasteiger partial charge on any atom is 0.162 e. The Morgan fingerprint density at radius 2 is 2.13 bits per heavy atom. The molecule has 0 saturated carbocycles. The fourth-order valence-corrected chi connectivity index (χ4v) is 5.61. The monoisotopic (exact) mass is 437 g/mol. The van der Waals surface area contributed by atoms with Crippen LogP contribution in [0.5, 0.6) is 5.75 Å². The third kappa shape index (κ3) is 4.09. The molecule has 162 valence electrons. The van der Waals surface area contributed by atoms with Crippen LogP contribution in [-0.2, 0) is 6.54 Å². The van der Waals surface area contributed by atoms with Crippen molar-refractivity contribution in [1.29, 1.82) is 0 Å². The van der Waals surface area contributed by atoms with Crippen molar-refractivity contribution in [2.45, 2.75) is 51.3 Å². The number of pyridine rings is 1. The number of piperidine rings is 1. The number of carbonyl (C=O) groups is 1. The number of carbonyl (C=O) groups excluding carboxylic acids is 1. The summed E-state index contributed by atoms with van der Waals surface area (Å²) >= 11 is 6.28. The first-order valence-electron chi connectivity index (χ1n) is 11.2. The van der Waals surface area contributed by atoms with Gasteiger partial charge in [-0.1, -0.05) is 23.7 Å². The Morgan fingerprint density at radius 3 is 2.94 bits per heavy atom. The second-order valence-electron chi connectivity index (χ2n) is 8.83. The molecule has 2 fully saturated rings. The number of aryl methyl sites for hydroxylation is 1. The van der Waals surface area contributed by atoms with Crippen molar-refractivity contribution < 1.29 is 9.53 Å². The average molecular weight is 438 g/mol. The van der Waals surface area contributed by atoms with Crippen molar-refractivity contribution in [3.63, 3.8) is 0 Å². The van der Waals surface area contributed by atoms with Gasteiger partial charge in [0.15, 0.2) is 5.78 Å². The molecule has 6 heteroatoms. The maximum absolute atomic E-state index is 12.0. The van der Waals surface area contributed by atoms with Crippen LogP contribution in [-0.4, -0.2) is 45.5 Å². The van der Waals surface area contributed by atoms with Crippen molar-refractivity contribution in [3.05, 3.63) is 59.4 Å². The van der Waals surface area contributed by atoms with Gasteiger partial charge in [-0.25, -0.2) is 4.98 Å². The Balaban J connectivity index is 1.21. The highest BCUT2D eigenvalue weighted by molar-refractivity contribution is 6.32. The molecule has 5 nitrogen and oxygen atoms in total. The highest BCUT2D eigenvalue weighted by Crippen LogP contribution is 2.38. The third-order valence-corrected chi connectivity index (χ3v) is 7.16. The van der Waals surface area contributed by atoms with Crippen LogP contribution in [0.1, 0.15) is 43.0 Å². The summed E-state index contributed by atoms with van der Waals surface area (Å²) in [6, 6.07) is 12.2. The maximum atomic E-state index is 12.0. The molecule has 2 aliphatic rings. The van der Waals surface area contributed by atoms with Gasteiger partial charge >= 0.3 is 0 Å². The lowest BCUT2D eigenvalue weighted by molar-refractivity contribution is 0.0543. The molecule has 0 aliphatic carbocycles. The number of fused-ring (bicyclic) bond motifs is 3. The third-order valence-electron chi connectivity index (χ3n) is 6.85. The van der Waals surface area contributed by atoms with E-state index >= 15 is 0 Å². The van der Waals surface area contributed by atoms with Crippen LogP contribution in [0.15, 0.2) is 48.8 Å². The molecule has 4 atom stereocenters. The second-order valence-corrected chi connectivity index (χ2v) is 9.23. The van der Waals surface area contributed by atoms with Gasteiger partial charge < -0.3 is 9.30 Å². The van der Waals surface area contributed by atoms with Crippen LogP contribution in [0.2, 0.25) is 5.02 Å². The number of ketones is 1. The summed E-state index contributed by atoms with van der Waals surface area (Å²) in [5.74, 6) is 1.56. The predicted molar refractivity (Wildman–Crippen MR) is 123 cm³/mol. The van der Waals surface area contributed by atoms with E-state index in [1.54, 1.807) is 13.1 Å². The molecule has 0 N–H and O–H groups in total. The number of benzene rings is 1. The van der Waals surface area contributed by atoms with Gasteiger partial charge in [0.05, 0.1) is 5.02 Å². The first kappa shape index (κ1) is 20.5. The Bertz CT molecular complexity index is 1080.